The fraction of sp³-hybridized carbons (Fsp3) is 0.0154. The lowest BCUT2D eigenvalue weighted by atomic mass is 9.70. The molecule has 0 fully saturated rings. The molecule has 2 aliphatic rings. The third-order valence-electron chi connectivity index (χ3n) is 14.4. The molecule has 11 aromatic carbocycles. The van der Waals surface area contributed by atoms with Gasteiger partial charge in [-0.2, -0.15) is 0 Å². The molecule has 1 atom stereocenters. The van der Waals surface area contributed by atoms with Crippen molar-refractivity contribution in [2.24, 2.45) is 0 Å². The third kappa shape index (κ3) is 5.63. The Morgan fingerprint density at radius 1 is 0.309 bits per heavy atom. The van der Waals surface area contributed by atoms with Crippen molar-refractivity contribution >= 4 is 76.4 Å². The van der Waals surface area contributed by atoms with Gasteiger partial charge in [0, 0.05) is 53.9 Å². The van der Waals surface area contributed by atoms with Gasteiger partial charge in [-0.1, -0.05) is 188 Å². The number of anilines is 6. The summed E-state index contributed by atoms with van der Waals surface area (Å²) in [5.74, 6) is 0. The number of fused-ring (bicyclic) bond motifs is 14. The maximum absolute atomic E-state index is 2.52. The molecule has 2 nitrogen and oxygen atoms in total. The average Bonchev–Trinajstić information content (AvgIpc) is 4.04. The molecular formula is C65H42N2S. The Hall–Kier alpha value is -8.50. The number of thiophene rings is 1. The van der Waals surface area contributed by atoms with E-state index in [1.807, 2.05) is 11.3 Å². The Morgan fingerprint density at radius 3 is 1.49 bits per heavy atom. The van der Waals surface area contributed by atoms with E-state index in [0.717, 1.165) is 28.4 Å². The second kappa shape index (κ2) is 15.3. The summed E-state index contributed by atoms with van der Waals surface area (Å²) in [6.45, 7) is 0. The first-order chi connectivity index (χ1) is 33.8. The third-order valence-corrected chi connectivity index (χ3v) is 15.6. The van der Waals surface area contributed by atoms with Crippen LogP contribution in [0.4, 0.5) is 34.1 Å². The van der Waals surface area contributed by atoms with Crippen molar-refractivity contribution in [1.29, 1.82) is 0 Å². The Labute approximate surface area is 399 Å². The summed E-state index contributed by atoms with van der Waals surface area (Å²) in [5.41, 5.74) is 18.9. The highest BCUT2D eigenvalue weighted by Crippen LogP contribution is 2.64. The normalized spacial score (nSPS) is 14.2. The van der Waals surface area contributed by atoms with Gasteiger partial charge < -0.3 is 9.80 Å². The average molecular weight is 883 g/mol. The van der Waals surface area contributed by atoms with Gasteiger partial charge in [0.2, 0.25) is 0 Å². The van der Waals surface area contributed by atoms with E-state index in [9.17, 15) is 0 Å². The van der Waals surface area contributed by atoms with Gasteiger partial charge in [-0.3, -0.25) is 0 Å². The molecule has 0 amide bonds. The predicted molar refractivity (Wildman–Crippen MR) is 288 cm³/mol. The first-order valence-electron chi connectivity index (χ1n) is 23.4. The second-order valence-electron chi connectivity index (χ2n) is 17.9. The second-order valence-corrected chi connectivity index (χ2v) is 19.0. The molecule has 2 aliphatic carbocycles. The van der Waals surface area contributed by atoms with Crippen molar-refractivity contribution in [1.82, 2.24) is 0 Å². The van der Waals surface area contributed by atoms with Gasteiger partial charge in [-0.25, -0.2) is 0 Å². The molecule has 0 aliphatic heterocycles. The molecule has 0 saturated heterocycles. The smallest absolute Gasteiger partial charge is 0.0727 e. The minimum atomic E-state index is -0.601. The van der Waals surface area contributed by atoms with Crippen LogP contribution in [0.25, 0.3) is 64.3 Å². The van der Waals surface area contributed by atoms with E-state index in [0.29, 0.717) is 0 Å². The zero-order valence-corrected chi connectivity index (χ0v) is 37.9. The van der Waals surface area contributed by atoms with Crippen molar-refractivity contribution in [2.45, 2.75) is 5.41 Å². The number of para-hydroxylation sites is 2. The minimum absolute atomic E-state index is 0.601. The van der Waals surface area contributed by atoms with Crippen molar-refractivity contribution in [3.05, 3.63) is 277 Å². The first kappa shape index (κ1) is 38.7. The maximum Gasteiger partial charge on any atom is 0.0727 e. The summed E-state index contributed by atoms with van der Waals surface area (Å²) < 4.78 is 2.58. The Balaban J connectivity index is 1.05. The van der Waals surface area contributed by atoms with E-state index in [-0.39, 0.29) is 0 Å². The summed E-state index contributed by atoms with van der Waals surface area (Å²) in [6.07, 6.45) is 0. The highest BCUT2D eigenvalue weighted by atomic mass is 32.1. The molecule has 0 saturated carbocycles. The van der Waals surface area contributed by atoms with Crippen LogP contribution in [0.3, 0.4) is 0 Å². The van der Waals surface area contributed by atoms with Crippen molar-refractivity contribution < 1.29 is 0 Å². The number of benzene rings is 11. The first-order valence-corrected chi connectivity index (χ1v) is 24.2. The van der Waals surface area contributed by atoms with Crippen LogP contribution >= 0.6 is 11.3 Å². The molecule has 0 bridgehead atoms. The van der Waals surface area contributed by atoms with Crippen LogP contribution in [-0.2, 0) is 5.41 Å². The fourth-order valence-corrected chi connectivity index (χ4v) is 12.8. The van der Waals surface area contributed by atoms with E-state index in [4.69, 9.17) is 0 Å². The van der Waals surface area contributed by atoms with Gasteiger partial charge in [0.1, 0.15) is 0 Å². The summed E-state index contributed by atoms with van der Waals surface area (Å²) in [4.78, 5) is 4.99. The number of nitrogens with zero attached hydrogens (tertiary/aromatic N) is 2. The van der Waals surface area contributed by atoms with Crippen molar-refractivity contribution in [3.8, 4) is 33.4 Å². The molecule has 0 N–H and O–H groups in total. The number of rotatable bonds is 7. The topological polar surface area (TPSA) is 6.48 Å². The minimum Gasteiger partial charge on any atom is -0.310 e. The molecule has 68 heavy (non-hydrogen) atoms. The Kier molecular flexibility index (Phi) is 8.71. The molecular weight excluding hydrogens is 841 g/mol. The quantitative estimate of drug-likeness (QED) is 0.157. The number of hydrogen-bond donors (Lipinski definition) is 0. The Bertz CT molecular complexity index is 3920. The molecule has 1 aromatic heterocycles. The van der Waals surface area contributed by atoms with Crippen molar-refractivity contribution in [2.75, 3.05) is 9.80 Å². The standard InChI is InChI=1S/C65H42N2S/c1-4-19-43(20-5-1)50-38-35-44-21-10-11-26-49(44)64(50)67(46-24-8-3-9-25-46)48-37-40-54-52-28-13-16-31-57(52)65(59(54)42-48)56-30-15-12-27-51(56)53-39-36-47(41-58(53)65)66(45-22-6-2-7-23-45)60-32-18-34-62-63(60)55-29-14-17-33-61(55)68-62/h1-42H. The monoisotopic (exact) mass is 882 g/mol. The van der Waals surface area contributed by atoms with Gasteiger partial charge in [0.05, 0.1) is 16.8 Å². The van der Waals surface area contributed by atoms with E-state index in [1.165, 1.54) is 92.3 Å². The molecule has 1 heterocycles. The molecule has 1 unspecified atom stereocenters. The molecule has 318 valence electrons. The SMILES string of the molecule is c1ccc(-c2ccc3ccccc3c2N(c2ccccc2)c2ccc3c(c2)C2(c4ccccc4-3)c3ccccc3-c3ccc(N(c4ccccc4)c4cccc5sc6ccccc6c45)cc32)cc1. The van der Waals surface area contributed by atoms with Crippen LogP contribution in [0, 0.1) is 0 Å². The Morgan fingerprint density at radius 2 is 0.809 bits per heavy atom. The van der Waals surface area contributed by atoms with Gasteiger partial charge in [-0.05, 0) is 122 Å². The van der Waals surface area contributed by atoms with Crippen LogP contribution in [0.1, 0.15) is 22.3 Å². The van der Waals surface area contributed by atoms with Gasteiger partial charge in [-0.15, -0.1) is 11.3 Å². The molecule has 0 radical (unpaired) electrons. The molecule has 14 rings (SSSR count). The largest absolute Gasteiger partial charge is 0.310 e. The van der Waals surface area contributed by atoms with Crippen LogP contribution in [0.5, 0.6) is 0 Å². The van der Waals surface area contributed by atoms with Gasteiger partial charge in [0.25, 0.3) is 0 Å². The summed E-state index contributed by atoms with van der Waals surface area (Å²) in [5, 5.41) is 4.96. The molecule has 3 heteroatoms. The highest BCUT2D eigenvalue weighted by molar-refractivity contribution is 7.26. The number of hydrogen-bond acceptors (Lipinski definition) is 3. The van der Waals surface area contributed by atoms with E-state index in [1.54, 1.807) is 0 Å². The lowest BCUT2D eigenvalue weighted by molar-refractivity contribution is 0.793. The fourth-order valence-electron chi connectivity index (χ4n) is 11.7. The van der Waals surface area contributed by atoms with E-state index in [2.05, 4.69) is 265 Å². The maximum atomic E-state index is 2.52. The molecule has 1 spiro atoms. The van der Waals surface area contributed by atoms with Gasteiger partial charge in [0.15, 0.2) is 0 Å². The lowest BCUT2D eigenvalue weighted by Crippen LogP contribution is -2.26. The predicted octanol–water partition coefficient (Wildman–Crippen LogP) is 18.2. The van der Waals surface area contributed by atoms with Crippen LogP contribution in [-0.4, -0.2) is 0 Å². The van der Waals surface area contributed by atoms with Crippen LogP contribution in [0.2, 0.25) is 0 Å². The highest BCUT2D eigenvalue weighted by Gasteiger charge is 2.52. The van der Waals surface area contributed by atoms with E-state index < -0.39 is 5.41 Å². The summed E-state index contributed by atoms with van der Waals surface area (Å²) in [7, 11) is 0. The lowest BCUT2D eigenvalue weighted by Gasteiger charge is -2.34. The summed E-state index contributed by atoms with van der Waals surface area (Å²) >= 11 is 1.86. The summed E-state index contributed by atoms with van der Waals surface area (Å²) in [6, 6.07) is 94.5. The zero-order chi connectivity index (χ0) is 44.8. The van der Waals surface area contributed by atoms with E-state index >= 15 is 0 Å². The van der Waals surface area contributed by atoms with Gasteiger partial charge >= 0.3 is 0 Å². The van der Waals surface area contributed by atoms with Crippen molar-refractivity contribution in [3.63, 3.8) is 0 Å². The molecule has 12 aromatic rings. The van der Waals surface area contributed by atoms with Crippen LogP contribution in [0.15, 0.2) is 255 Å². The zero-order valence-electron chi connectivity index (χ0n) is 37.1. The van der Waals surface area contributed by atoms with Crippen LogP contribution < -0.4 is 9.80 Å².